The third kappa shape index (κ3) is 4.06. The molecule has 0 radical (unpaired) electrons. The molecule has 1 N–H and O–H groups in total. The zero-order valence-corrected chi connectivity index (χ0v) is 15.5. The predicted molar refractivity (Wildman–Crippen MR) is 99.3 cm³/mol. The molecule has 0 saturated carbocycles. The first kappa shape index (κ1) is 19.2. The molecular weight excluding hydrogens is 364 g/mol. The Kier molecular flexibility index (Phi) is 5.78. The summed E-state index contributed by atoms with van der Waals surface area (Å²) in [5.41, 5.74) is 1.05. The third-order valence-corrected chi connectivity index (χ3v) is 4.37. The number of methoxy groups -OCH3 is 2. The molecule has 1 heterocycles. The number of carbonyl (C=O) groups excluding carboxylic acids is 3. The van der Waals surface area contributed by atoms with E-state index in [0.29, 0.717) is 17.1 Å². The van der Waals surface area contributed by atoms with Gasteiger partial charge in [0.25, 0.3) is 11.8 Å². The van der Waals surface area contributed by atoms with Crippen LogP contribution in [-0.4, -0.2) is 50.2 Å². The van der Waals surface area contributed by atoms with Crippen LogP contribution in [0.15, 0.2) is 48.5 Å². The van der Waals surface area contributed by atoms with E-state index in [0.717, 1.165) is 10.5 Å². The van der Waals surface area contributed by atoms with Crippen LogP contribution in [0.5, 0.6) is 11.5 Å². The highest BCUT2D eigenvalue weighted by Crippen LogP contribution is 2.26. The van der Waals surface area contributed by atoms with Gasteiger partial charge in [0, 0.05) is 6.07 Å². The van der Waals surface area contributed by atoms with Gasteiger partial charge in [-0.2, -0.15) is 0 Å². The number of carbonyl (C=O) groups is 3. The molecule has 8 nitrogen and oxygen atoms in total. The molecule has 1 aliphatic rings. The second-order valence-corrected chi connectivity index (χ2v) is 6.06. The van der Waals surface area contributed by atoms with E-state index in [2.05, 4.69) is 5.32 Å². The molecular formula is C20H20N2O6. The number of rotatable bonds is 7. The Hall–Kier alpha value is -3.55. The predicted octanol–water partition coefficient (Wildman–Crippen LogP) is 2.15. The number of imide groups is 1. The van der Waals surface area contributed by atoms with Crippen molar-refractivity contribution in [1.82, 2.24) is 10.2 Å². The molecule has 0 unspecified atom stereocenters. The van der Waals surface area contributed by atoms with E-state index in [1.54, 1.807) is 18.2 Å². The molecule has 2 aromatic rings. The molecule has 0 aliphatic carbocycles. The Morgan fingerprint density at radius 2 is 1.89 bits per heavy atom. The lowest BCUT2D eigenvalue weighted by atomic mass is 10.1. The highest BCUT2D eigenvalue weighted by Gasteiger charge is 2.34. The number of nitrogens with one attached hydrogen (secondary N) is 1. The standard InChI is InChI=1S/C20H20N2O6/c1-26-14-8-9-15(17(10-14)27-2)19(24)21-16(13-6-4-3-5-7-13)11-22-18(23)12-28-20(22)25/h3-10,16H,11-12H2,1-2H3,(H,21,24)/t16-/m1/s1. The first-order chi connectivity index (χ1) is 13.5. The first-order valence-electron chi connectivity index (χ1n) is 8.58. The van der Waals surface area contributed by atoms with Crippen molar-refractivity contribution in [1.29, 1.82) is 0 Å². The Bertz CT molecular complexity index is 868. The lowest BCUT2D eigenvalue weighted by Crippen LogP contribution is -2.40. The fourth-order valence-electron chi connectivity index (χ4n) is 2.88. The fraction of sp³-hybridized carbons (Fsp3) is 0.250. The van der Waals surface area contributed by atoms with E-state index >= 15 is 0 Å². The Labute approximate surface area is 162 Å². The van der Waals surface area contributed by atoms with Crippen molar-refractivity contribution >= 4 is 17.9 Å². The number of amides is 3. The SMILES string of the molecule is COc1ccc(C(=O)N[C@H](CN2C(=O)COC2=O)c2ccccc2)c(OC)c1. The molecule has 2 aromatic carbocycles. The average Bonchev–Trinajstić information content (AvgIpc) is 3.05. The van der Waals surface area contributed by atoms with E-state index < -0.39 is 23.9 Å². The summed E-state index contributed by atoms with van der Waals surface area (Å²) in [6.07, 6.45) is -0.720. The van der Waals surface area contributed by atoms with Crippen molar-refractivity contribution in [3.8, 4) is 11.5 Å². The van der Waals surface area contributed by atoms with Crippen molar-refractivity contribution in [3.63, 3.8) is 0 Å². The van der Waals surface area contributed by atoms with Crippen LogP contribution >= 0.6 is 0 Å². The molecule has 1 aliphatic heterocycles. The van der Waals surface area contributed by atoms with E-state index in [1.165, 1.54) is 14.2 Å². The molecule has 28 heavy (non-hydrogen) atoms. The molecule has 1 fully saturated rings. The van der Waals surface area contributed by atoms with Crippen LogP contribution in [0.2, 0.25) is 0 Å². The summed E-state index contributed by atoms with van der Waals surface area (Å²) in [6.45, 7) is -0.327. The number of nitrogens with zero attached hydrogens (tertiary/aromatic N) is 1. The van der Waals surface area contributed by atoms with E-state index in [4.69, 9.17) is 14.2 Å². The fourth-order valence-corrected chi connectivity index (χ4v) is 2.88. The average molecular weight is 384 g/mol. The molecule has 3 rings (SSSR count). The van der Waals surface area contributed by atoms with Crippen LogP contribution in [0.3, 0.4) is 0 Å². The van der Waals surface area contributed by atoms with Crippen molar-refractivity contribution in [2.45, 2.75) is 6.04 Å². The van der Waals surface area contributed by atoms with Gasteiger partial charge in [-0.05, 0) is 17.7 Å². The quantitative estimate of drug-likeness (QED) is 0.786. The molecule has 146 valence electrons. The van der Waals surface area contributed by atoms with E-state index in [-0.39, 0.29) is 13.2 Å². The molecule has 8 heteroatoms. The van der Waals surface area contributed by atoms with Gasteiger partial charge < -0.3 is 19.5 Å². The van der Waals surface area contributed by atoms with Gasteiger partial charge in [-0.1, -0.05) is 30.3 Å². The van der Waals surface area contributed by atoms with Gasteiger partial charge in [0.05, 0.1) is 32.4 Å². The summed E-state index contributed by atoms with van der Waals surface area (Å²) in [7, 11) is 2.98. The molecule has 3 amide bonds. The minimum absolute atomic E-state index is 0.0358. The Balaban J connectivity index is 1.86. The van der Waals surface area contributed by atoms with Crippen molar-refractivity contribution in [2.75, 3.05) is 27.4 Å². The van der Waals surface area contributed by atoms with E-state index in [9.17, 15) is 14.4 Å². The summed E-state index contributed by atoms with van der Waals surface area (Å²) < 4.78 is 15.2. The van der Waals surface area contributed by atoms with Gasteiger partial charge in [-0.3, -0.25) is 9.59 Å². The highest BCUT2D eigenvalue weighted by atomic mass is 16.6. The molecule has 1 atom stereocenters. The number of hydrogen-bond donors (Lipinski definition) is 1. The molecule has 1 saturated heterocycles. The lowest BCUT2D eigenvalue weighted by molar-refractivity contribution is -0.126. The zero-order valence-electron chi connectivity index (χ0n) is 15.5. The van der Waals surface area contributed by atoms with Gasteiger partial charge in [-0.25, -0.2) is 9.69 Å². The van der Waals surface area contributed by atoms with Crippen molar-refractivity contribution in [2.24, 2.45) is 0 Å². The lowest BCUT2D eigenvalue weighted by Gasteiger charge is -2.23. The van der Waals surface area contributed by atoms with Crippen LogP contribution in [0.4, 0.5) is 4.79 Å². The molecule has 0 bridgehead atoms. The Morgan fingerprint density at radius 3 is 2.50 bits per heavy atom. The zero-order chi connectivity index (χ0) is 20.1. The van der Waals surface area contributed by atoms with Crippen LogP contribution in [0.1, 0.15) is 22.0 Å². The number of benzene rings is 2. The van der Waals surface area contributed by atoms with Crippen molar-refractivity contribution in [3.05, 3.63) is 59.7 Å². The van der Waals surface area contributed by atoms with Gasteiger partial charge in [0.15, 0.2) is 6.61 Å². The summed E-state index contributed by atoms with van der Waals surface area (Å²) in [5.74, 6) is 0.0503. The number of hydrogen-bond acceptors (Lipinski definition) is 6. The maximum absolute atomic E-state index is 12.9. The second kappa shape index (κ2) is 8.43. The smallest absolute Gasteiger partial charge is 0.417 e. The van der Waals surface area contributed by atoms with Gasteiger partial charge in [-0.15, -0.1) is 0 Å². The molecule has 0 aromatic heterocycles. The highest BCUT2D eigenvalue weighted by molar-refractivity contribution is 5.99. The maximum Gasteiger partial charge on any atom is 0.417 e. The van der Waals surface area contributed by atoms with Gasteiger partial charge >= 0.3 is 6.09 Å². The molecule has 0 spiro atoms. The normalized spacial score (nSPS) is 14.4. The third-order valence-electron chi connectivity index (χ3n) is 4.37. The van der Waals surface area contributed by atoms with Crippen LogP contribution in [0.25, 0.3) is 0 Å². The van der Waals surface area contributed by atoms with Crippen molar-refractivity contribution < 1.29 is 28.6 Å². The first-order valence-corrected chi connectivity index (χ1v) is 8.58. The van der Waals surface area contributed by atoms with Crippen LogP contribution in [-0.2, 0) is 9.53 Å². The summed E-state index contributed by atoms with van der Waals surface area (Å²) >= 11 is 0. The topological polar surface area (TPSA) is 94.2 Å². The summed E-state index contributed by atoms with van der Waals surface area (Å²) in [4.78, 5) is 37.6. The van der Waals surface area contributed by atoms with Gasteiger partial charge in [0.2, 0.25) is 0 Å². The van der Waals surface area contributed by atoms with Crippen LogP contribution < -0.4 is 14.8 Å². The number of ether oxygens (including phenoxy) is 3. The minimum atomic E-state index is -0.720. The van der Waals surface area contributed by atoms with Crippen LogP contribution in [0, 0.1) is 0 Å². The largest absolute Gasteiger partial charge is 0.497 e. The van der Waals surface area contributed by atoms with E-state index in [1.807, 2.05) is 30.3 Å². The number of cyclic esters (lactones) is 1. The van der Waals surface area contributed by atoms with Gasteiger partial charge in [0.1, 0.15) is 11.5 Å². The monoisotopic (exact) mass is 384 g/mol. The second-order valence-electron chi connectivity index (χ2n) is 6.06. The maximum atomic E-state index is 12.9. The summed E-state index contributed by atoms with van der Waals surface area (Å²) in [6, 6.07) is 13.3. The summed E-state index contributed by atoms with van der Waals surface area (Å²) in [5, 5.41) is 2.87. The Morgan fingerprint density at radius 1 is 1.14 bits per heavy atom. The minimum Gasteiger partial charge on any atom is -0.497 e.